The van der Waals surface area contributed by atoms with Crippen molar-refractivity contribution in [3.63, 3.8) is 0 Å². The predicted octanol–water partition coefficient (Wildman–Crippen LogP) is 20.7. The van der Waals surface area contributed by atoms with Crippen LogP contribution in [0.5, 0.6) is 0 Å². The second kappa shape index (κ2) is 23.9. The summed E-state index contributed by atoms with van der Waals surface area (Å²) >= 11 is 0. The molecule has 1 N–H and O–H groups in total. The van der Waals surface area contributed by atoms with Crippen LogP contribution in [0.1, 0.15) is 59.8 Å². The molecule has 0 saturated carbocycles. The third-order valence-corrected chi connectivity index (χ3v) is 14.8. The molecule has 0 unspecified atom stereocenters. The van der Waals surface area contributed by atoms with E-state index >= 15 is 0 Å². The van der Waals surface area contributed by atoms with Crippen LogP contribution in [0.25, 0.3) is 89.3 Å². The molecule has 0 atom stereocenters. The Morgan fingerprint density at radius 3 is 1.16 bits per heavy atom. The van der Waals surface area contributed by atoms with Crippen molar-refractivity contribution in [2.75, 3.05) is 0 Å². The molecule has 12 rings (SSSR count). The van der Waals surface area contributed by atoms with Gasteiger partial charge in [-0.15, -0.1) is 17.1 Å². The standard InChI is InChI=1S/C66H49N2.C10H14N.Fe/c1-44-38-45(2)63(46(3)39-44)66(61-36-34-59(67-61)64-55(49-26-14-6-15-27-49)40-53(47-22-10-4-11-23-47)41-56(64)50-28-16-7-17-29-50)62-37-35-60(68-62)65-57(51-30-18-8-19-31-51)42-54(48-24-12-5-13-25-48)43-58(65)52-32-20-9-21-33-52;1-10(2,3)8-4-6-9(11)7-5-8;/h4-43H,1-3H3;4-7,11H,1-3H3;/q2*-1;+2/b66-61+;;. The van der Waals surface area contributed by atoms with Crippen molar-refractivity contribution in [1.82, 2.24) is 4.98 Å². The molecule has 4 heteroatoms. The molecule has 0 amide bonds. The molecular weight excluding hydrogens is 1010 g/mol. The van der Waals surface area contributed by atoms with Gasteiger partial charge in [0.15, 0.2) is 0 Å². The summed E-state index contributed by atoms with van der Waals surface area (Å²) in [5.41, 5.74) is 34.7. The van der Waals surface area contributed by atoms with Gasteiger partial charge in [0.25, 0.3) is 0 Å². The number of aryl methyl sites for hydroxylation is 3. The molecule has 1 aromatic heterocycles. The molecule has 390 valence electrons. The molecule has 0 fully saturated rings. The first-order valence-corrected chi connectivity index (χ1v) is 27.2. The van der Waals surface area contributed by atoms with E-state index in [2.05, 4.69) is 284 Å². The molecule has 11 aromatic rings. The number of nitrogens with one attached hydrogen (secondary N) is 1. The second-order valence-electron chi connectivity index (χ2n) is 21.5. The SMILES string of the molecule is CC(C)(C)c1ccc([NH-])cc1.Cc1cc(C)c(/C(=C2\C=CC(c3c(-c4ccccc4)cc(-c4ccccc4)cc3-c3ccccc3)=N2)c2ccc(-c3c(-c4ccccc4)cc(-c4ccccc4)cc3-c3ccccc3)[n-]2)c(C)c1.[Fe+2]. The minimum Gasteiger partial charge on any atom is -0.699 e. The third kappa shape index (κ3) is 11.7. The Morgan fingerprint density at radius 2 is 0.775 bits per heavy atom. The Hall–Kier alpha value is -9.05. The number of rotatable bonds is 10. The second-order valence-corrected chi connectivity index (χ2v) is 21.5. The van der Waals surface area contributed by atoms with Crippen LogP contribution in [0.4, 0.5) is 5.69 Å². The summed E-state index contributed by atoms with van der Waals surface area (Å²) in [6.45, 7) is 13.1. The largest absolute Gasteiger partial charge is 2.00 e. The van der Waals surface area contributed by atoms with Crippen LogP contribution in [0.15, 0.2) is 278 Å². The van der Waals surface area contributed by atoms with Crippen molar-refractivity contribution in [3.8, 4) is 78.0 Å². The van der Waals surface area contributed by atoms with E-state index in [4.69, 9.17) is 15.7 Å². The minimum absolute atomic E-state index is 0. The maximum Gasteiger partial charge on any atom is 2.00 e. The molecular formula is C76H63FeN3. The van der Waals surface area contributed by atoms with E-state index in [0.29, 0.717) is 5.69 Å². The van der Waals surface area contributed by atoms with Gasteiger partial charge in [0, 0.05) is 5.56 Å². The zero-order valence-electron chi connectivity index (χ0n) is 46.2. The predicted molar refractivity (Wildman–Crippen MR) is 336 cm³/mol. The number of aliphatic imine (C=N–C) groups is 1. The normalized spacial score (nSPS) is 12.5. The number of nitrogens with zero attached hydrogens (tertiary/aromatic N) is 2. The van der Waals surface area contributed by atoms with E-state index in [1.165, 1.54) is 33.4 Å². The maximum atomic E-state index is 7.30. The van der Waals surface area contributed by atoms with Crippen molar-refractivity contribution >= 4 is 17.0 Å². The molecule has 80 heavy (non-hydrogen) atoms. The number of hydrogen-bond acceptors (Lipinski definition) is 1. The van der Waals surface area contributed by atoms with Crippen molar-refractivity contribution < 1.29 is 17.1 Å². The molecule has 0 saturated heterocycles. The van der Waals surface area contributed by atoms with Gasteiger partial charge < -0.3 is 10.7 Å². The van der Waals surface area contributed by atoms with Crippen LogP contribution in [0.3, 0.4) is 0 Å². The zero-order chi connectivity index (χ0) is 54.5. The van der Waals surface area contributed by atoms with Gasteiger partial charge in [0.05, 0.1) is 11.4 Å². The quantitative estimate of drug-likeness (QED) is 0.126. The number of allylic oxidation sites excluding steroid dienone is 2. The monoisotopic (exact) mass is 1070 g/mol. The average molecular weight is 1070 g/mol. The first-order valence-electron chi connectivity index (χ1n) is 27.2. The van der Waals surface area contributed by atoms with Crippen LogP contribution in [-0.4, -0.2) is 5.71 Å². The van der Waals surface area contributed by atoms with Gasteiger partial charge in [-0.2, -0.15) is 0 Å². The molecule has 2 heterocycles. The van der Waals surface area contributed by atoms with Crippen LogP contribution >= 0.6 is 0 Å². The Kier molecular flexibility index (Phi) is 16.2. The molecule has 1 aliphatic heterocycles. The van der Waals surface area contributed by atoms with Crippen molar-refractivity contribution in [2.45, 2.75) is 47.0 Å². The summed E-state index contributed by atoms with van der Waals surface area (Å²) in [6, 6.07) is 90.3. The summed E-state index contributed by atoms with van der Waals surface area (Å²) in [5, 5.41) is 0. The minimum atomic E-state index is 0. The fourth-order valence-electron chi connectivity index (χ4n) is 11.0. The Balaban J connectivity index is 0.000000539. The van der Waals surface area contributed by atoms with E-state index in [0.717, 1.165) is 101 Å². The fraction of sp³-hybridized carbons (Fsp3) is 0.0921. The van der Waals surface area contributed by atoms with E-state index in [-0.39, 0.29) is 22.5 Å². The Morgan fingerprint density at radius 1 is 0.400 bits per heavy atom. The number of aromatic nitrogens is 1. The average Bonchev–Trinajstić information content (AvgIpc) is 4.23. The van der Waals surface area contributed by atoms with E-state index in [9.17, 15) is 0 Å². The third-order valence-electron chi connectivity index (χ3n) is 14.8. The van der Waals surface area contributed by atoms with Crippen molar-refractivity contribution in [1.29, 1.82) is 0 Å². The van der Waals surface area contributed by atoms with Crippen molar-refractivity contribution in [2.24, 2.45) is 4.99 Å². The van der Waals surface area contributed by atoms with Crippen LogP contribution in [0.2, 0.25) is 0 Å². The topological polar surface area (TPSA) is 50.3 Å². The first-order chi connectivity index (χ1) is 38.5. The number of benzene rings is 10. The molecule has 0 aliphatic carbocycles. The van der Waals surface area contributed by atoms with Gasteiger partial charge in [-0.1, -0.05) is 257 Å². The van der Waals surface area contributed by atoms with Gasteiger partial charge in [0.1, 0.15) is 0 Å². The summed E-state index contributed by atoms with van der Waals surface area (Å²) in [6.07, 6.45) is 4.41. The fourth-order valence-corrected chi connectivity index (χ4v) is 11.0. The van der Waals surface area contributed by atoms with Crippen LogP contribution < -0.4 is 4.98 Å². The Bertz CT molecular complexity index is 3870. The van der Waals surface area contributed by atoms with E-state index in [1.807, 2.05) is 24.3 Å². The van der Waals surface area contributed by atoms with Gasteiger partial charge in [-0.25, -0.2) is 4.99 Å². The summed E-state index contributed by atoms with van der Waals surface area (Å²) in [4.78, 5) is 11.4. The molecule has 0 spiro atoms. The first kappa shape index (κ1) is 54.3. The summed E-state index contributed by atoms with van der Waals surface area (Å²) < 4.78 is 0. The maximum absolute atomic E-state index is 7.30. The molecule has 1 aliphatic rings. The van der Waals surface area contributed by atoms with E-state index in [1.54, 1.807) is 0 Å². The van der Waals surface area contributed by atoms with Crippen molar-refractivity contribution in [3.05, 3.63) is 317 Å². The number of hydrogen-bond donors (Lipinski definition) is 0. The van der Waals surface area contributed by atoms with E-state index < -0.39 is 0 Å². The van der Waals surface area contributed by atoms with Crippen LogP contribution in [-0.2, 0) is 22.5 Å². The zero-order valence-corrected chi connectivity index (χ0v) is 47.3. The van der Waals surface area contributed by atoms with Crippen LogP contribution in [0, 0.1) is 20.8 Å². The van der Waals surface area contributed by atoms with Gasteiger partial charge in [0.2, 0.25) is 0 Å². The molecule has 10 aromatic carbocycles. The smallest absolute Gasteiger partial charge is 0.699 e. The molecule has 0 radical (unpaired) electrons. The van der Waals surface area contributed by atoms with Gasteiger partial charge >= 0.3 is 17.1 Å². The molecule has 0 bridgehead atoms. The summed E-state index contributed by atoms with van der Waals surface area (Å²) in [5.74, 6) is 0. The Labute approximate surface area is 483 Å². The molecule has 3 nitrogen and oxygen atoms in total. The van der Waals surface area contributed by atoms with Gasteiger partial charge in [-0.3, -0.25) is 0 Å². The summed E-state index contributed by atoms with van der Waals surface area (Å²) in [7, 11) is 0. The van der Waals surface area contributed by atoms with Gasteiger partial charge in [-0.05, 0) is 163 Å².